The zero-order chi connectivity index (χ0) is 16.1. The fourth-order valence-electron chi connectivity index (χ4n) is 0.188. The molecule has 5 N–H and O–H groups in total. The Kier molecular flexibility index (Phi) is 1.14. The van der Waals surface area contributed by atoms with E-state index in [1.807, 2.05) is 0 Å². The molecule has 60 valence electrons. The van der Waals surface area contributed by atoms with Crippen molar-refractivity contribution in [1.82, 2.24) is 0 Å². The average Bonchev–Trinajstić information content (AvgIpc) is 2.14. The van der Waals surface area contributed by atoms with Crippen molar-refractivity contribution in [2.75, 3.05) is 6.50 Å². The minimum Gasteiger partial charge on any atom is -0.480 e. The SMILES string of the molecule is [2H][13C]([2H])([15NH2])[13C]([2H])([2H])[13C]([2H])([2H])[13C]([2H])([2H])[13C@]([2H])([15NH2])[13C](=O)O. The summed E-state index contributed by atoms with van der Waals surface area (Å²) < 4.78 is 65.1. The Morgan fingerprint density at radius 1 is 1.80 bits per heavy atom. The number of hydrogen-bond donors (Lipinski definition) is 3. The molecule has 0 aromatic heterocycles. The summed E-state index contributed by atoms with van der Waals surface area (Å²) in [5.41, 5.74) is 9.70. The van der Waals surface area contributed by atoms with Gasteiger partial charge in [-0.1, -0.05) is 6.37 Å². The maximum absolute atomic E-state index is 10.7. The van der Waals surface area contributed by atoms with Crippen LogP contribution in [0.5, 0.6) is 0 Å². The zero-order valence-electron chi connectivity index (χ0n) is 14.0. The van der Waals surface area contributed by atoms with Crippen molar-refractivity contribution >= 4 is 5.97 Å². The summed E-state index contributed by atoms with van der Waals surface area (Å²) in [6.07, 6.45) is -11.2. The van der Waals surface area contributed by atoms with Crippen LogP contribution in [0.25, 0.3) is 0 Å². The second kappa shape index (κ2) is 5.20. The molecular formula is C6H14N2O2. The Morgan fingerprint density at radius 3 is 2.80 bits per heavy atom. The van der Waals surface area contributed by atoms with Crippen molar-refractivity contribution in [3.8, 4) is 0 Å². The summed E-state index contributed by atoms with van der Waals surface area (Å²) in [5, 5.41) is 8.64. The Labute approximate surface area is 72.8 Å². The van der Waals surface area contributed by atoms with Gasteiger partial charge in [-0.05, 0) is 19.2 Å². The standard InChI is InChI=1S/C6H14N2O2/c7-4-2-1-3-5(8)6(9)10/h5H,1-4,7-8H2,(H,9,10)/t5-/m0/s1/i1+1D2,2+1D2,3+1D2,4+1D2,5+1D,6+1,7+1,8+1. The van der Waals surface area contributed by atoms with E-state index in [-0.39, 0.29) is 0 Å². The van der Waals surface area contributed by atoms with E-state index < -0.39 is 37.6 Å². The topological polar surface area (TPSA) is 89.3 Å². The molecule has 4 nitrogen and oxygen atoms in total. The van der Waals surface area contributed by atoms with Gasteiger partial charge in [0.1, 0.15) is 6.02 Å². The predicted molar refractivity (Wildman–Crippen MR) is 38.5 cm³/mol. The summed E-state index contributed by atoms with van der Waals surface area (Å²) in [5.74, 6) is -2.23. The zero-order valence-corrected chi connectivity index (χ0v) is 5.01. The van der Waals surface area contributed by atoms with Crippen molar-refractivity contribution in [3.05, 3.63) is 0 Å². The van der Waals surface area contributed by atoms with Gasteiger partial charge in [0.05, 0.1) is 1.37 Å². The van der Waals surface area contributed by atoms with E-state index in [9.17, 15) is 4.79 Å². The molecular weight excluding hydrogens is 140 g/mol. The van der Waals surface area contributed by atoms with Gasteiger partial charge in [-0.2, -0.15) is 0 Å². The number of carbonyl (C=O) groups is 1. The van der Waals surface area contributed by atoms with Crippen LogP contribution in [-0.2, 0) is 4.79 Å². The summed E-state index contributed by atoms with van der Waals surface area (Å²) in [6, 6.07) is -3.53. The third-order valence-electron chi connectivity index (χ3n) is 0.562. The van der Waals surface area contributed by atoms with E-state index in [1.54, 1.807) is 0 Å². The number of rotatable bonds is 5. The monoisotopic (exact) mass is 163 g/mol. The third-order valence-corrected chi connectivity index (χ3v) is 0.562. The van der Waals surface area contributed by atoms with Crippen LogP contribution in [0.2, 0.25) is 0 Å². The van der Waals surface area contributed by atoms with Crippen LogP contribution < -0.4 is 11.5 Å². The molecule has 0 saturated heterocycles. The number of nitrogens with two attached hydrogens (primary N) is 2. The molecule has 4 heteroatoms. The lowest BCUT2D eigenvalue weighted by molar-refractivity contribution is -0.138. The number of hydrogen-bond acceptors (Lipinski definition) is 3. The highest BCUT2D eigenvalue weighted by atomic mass is 16.5. The smallest absolute Gasteiger partial charge is 0.320 e. The van der Waals surface area contributed by atoms with Gasteiger partial charge in [-0.25, -0.2) is 0 Å². The van der Waals surface area contributed by atoms with Crippen LogP contribution >= 0.6 is 0 Å². The molecule has 0 aromatic carbocycles. The van der Waals surface area contributed by atoms with Crippen molar-refractivity contribution in [2.24, 2.45) is 11.5 Å². The van der Waals surface area contributed by atoms with Crippen LogP contribution in [0.15, 0.2) is 0 Å². The summed E-state index contributed by atoms with van der Waals surface area (Å²) >= 11 is 0. The van der Waals surface area contributed by atoms with E-state index in [4.69, 9.17) is 28.9 Å². The summed E-state index contributed by atoms with van der Waals surface area (Å²) in [7, 11) is 0. The second-order valence-electron chi connectivity index (χ2n) is 1.24. The highest BCUT2D eigenvalue weighted by molar-refractivity contribution is 5.72. The van der Waals surface area contributed by atoms with Crippen molar-refractivity contribution in [1.29, 1.82) is 0 Å². The van der Waals surface area contributed by atoms with E-state index >= 15 is 0 Å². The van der Waals surface area contributed by atoms with Gasteiger partial charge in [0.25, 0.3) is 0 Å². The fraction of sp³-hybridized carbons (Fsp3) is 0.833. The lowest BCUT2D eigenvalue weighted by Crippen LogP contribution is -2.29. The first kappa shape index (κ1) is 2.19. The molecule has 0 aromatic rings. The third kappa shape index (κ3) is 4.29. The maximum atomic E-state index is 10.7. The molecule has 0 radical (unpaired) electrons. The first-order chi connectivity index (χ1) is 7.94. The van der Waals surface area contributed by atoms with Gasteiger partial charge in [-0.3, -0.25) is 4.79 Å². The fourth-order valence-corrected chi connectivity index (χ4v) is 0.188. The molecule has 0 unspecified atom stereocenters. The minimum absolute atomic E-state index is 2.23. The number of aliphatic carboxylic acids is 1. The molecule has 0 aliphatic rings. The van der Waals surface area contributed by atoms with Gasteiger partial charge < -0.3 is 16.6 Å². The lowest BCUT2D eigenvalue weighted by Gasteiger charge is -2.03. The van der Waals surface area contributed by atoms with Gasteiger partial charge >= 0.3 is 5.97 Å². The van der Waals surface area contributed by atoms with Crippen LogP contribution in [0.1, 0.15) is 31.5 Å². The molecule has 0 aliphatic heterocycles. The molecule has 0 saturated carbocycles. The summed E-state index contributed by atoms with van der Waals surface area (Å²) in [6.45, 7) is -3.32. The van der Waals surface area contributed by atoms with E-state index in [1.165, 1.54) is 0 Å². The van der Waals surface area contributed by atoms with E-state index in [2.05, 4.69) is 0 Å². The molecule has 0 bridgehead atoms. The molecule has 1 atom stereocenters. The Bertz CT molecular complexity index is 375. The lowest BCUT2D eigenvalue weighted by atomic mass is 11.1. The first-order valence-corrected chi connectivity index (χ1v) is 2.26. The quantitative estimate of drug-likeness (QED) is 0.377. The maximum Gasteiger partial charge on any atom is 0.320 e. The first-order valence-electron chi connectivity index (χ1n) is 6.76. The van der Waals surface area contributed by atoms with E-state index in [0.29, 0.717) is 0 Å². The normalized spacial score (nSPS) is 35.2. The van der Waals surface area contributed by atoms with Crippen molar-refractivity contribution in [2.45, 2.75) is 25.1 Å². The van der Waals surface area contributed by atoms with Gasteiger partial charge in [0.15, 0.2) is 0 Å². The van der Waals surface area contributed by atoms with Crippen LogP contribution in [0.3, 0.4) is 0 Å². The molecule has 0 aliphatic carbocycles. The van der Waals surface area contributed by atoms with Crippen LogP contribution in [0, 0.1) is 0 Å². The highest BCUT2D eigenvalue weighted by Crippen LogP contribution is 1.96. The van der Waals surface area contributed by atoms with Crippen LogP contribution in [0.4, 0.5) is 0 Å². The molecule has 10 heavy (non-hydrogen) atoms. The van der Waals surface area contributed by atoms with Crippen LogP contribution in [-0.4, -0.2) is 23.6 Å². The number of carboxylic acid groups (broad SMARTS) is 1. The Balaban J connectivity index is 5.99. The molecule has 0 heterocycles. The molecule has 0 spiro atoms. The Hall–Kier alpha value is -0.610. The van der Waals surface area contributed by atoms with Crippen molar-refractivity contribution in [3.63, 3.8) is 0 Å². The van der Waals surface area contributed by atoms with Crippen molar-refractivity contribution < 1.29 is 22.2 Å². The summed E-state index contributed by atoms with van der Waals surface area (Å²) in [4.78, 5) is 10.7. The number of carboxylic acids is 1. The Morgan fingerprint density at radius 2 is 2.40 bits per heavy atom. The molecule has 0 amide bonds. The predicted octanol–water partition coefficient (Wildman–Crippen LogP) is -0.473. The van der Waals surface area contributed by atoms with Gasteiger partial charge in [-0.15, -0.1) is 0 Å². The van der Waals surface area contributed by atoms with E-state index in [0.717, 1.165) is 0 Å². The molecule has 0 rings (SSSR count). The van der Waals surface area contributed by atoms with Gasteiger partial charge in [0.2, 0.25) is 0 Å². The average molecular weight is 163 g/mol. The second-order valence-corrected chi connectivity index (χ2v) is 1.24. The highest BCUT2D eigenvalue weighted by Gasteiger charge is 2.09. The largest absolute Gasteiger partial charge is 0.480 e. The minimum atomic E-state index is -3.78. The molecule has 0 fully saturated rings. The van der Waals surface area contributed by atoms with Gasteiger partial charge in [0, 0.05) is 11.0 Å².